The van der Waals surface area contributed by atoms with Crippen LogP contribution in [0.15, 0.2) is 29.2 Å². The highest BCUT2D eigenvalue weighted by Gasteiger charge is 2.28. The first-order valence-corrected chi connectivity index (χ1v) is 8.44. The number of thioether (sulfide) groups is 1. The van der Waals surface area contributed by atoms with Crippen molar-refractivity contribution >= 4 is 11.8 Å². The molecule has 1 unspecified atom stereocenters. The van der Waals surface area contributed by atoms with Crippen LogP contribution in [0.25, 0.3) is 0 Å². The van der Waals surface area contributed by atoms with E-state index in [1.807, 2.05) is 0 Å². The van der Waals surface area contributed by atoms with Gasteiger partial charge in [-0.3, -0.25) is 0 Å². The maximum absolute atomic E-state index is 3.53. The third kappa shape index (κ3) is 4.54. The second-order valence-electron chi connectivity index (χ2n) is 6.42. The van der Waals surface area contributed by atoms with Crippen LogP contribution in [0.4, 0.5) is 0 Å². The van der Waals surface area contributed by atoms with Gasteiger partial charge in [-0.15, -0.1) is 11.8 Å². The van der Waals surface area contributed by atoms with Crippen molar-refractivity contribution in [1.29, 1.82) is 0 Å². The van der Waals surface area contributed by atoms with E-state index in [0.717, 1.165) is 18.3 Å². The highest BCUT2D eigenvalue weighted by molar-refractivity contribution is 8.00. The van der Waals surface area contributed by atoms with E-state index in [9.17, 15) is 0 Å². The molecule has 0 aromatic heterocycles. The average Bonchev–Trinajstić information content (AvgIpc) is 2.75. The molecule has 1 aliphatic rings. The summed E-state index contributed by atoms with van der Waals surface area (Å²) in [4.78, 5) is 1.51. The third-order valence-electron chi connectivity index (χ3n) is 3.90. The van der Waals surface area contributed by atoms with Crippen LogP contribution in [-0.2, 0) is 6.42 Å². The summed E-state index contributed by atoms with van der Waals surface area (Å²) in [6.45, 7) is 9.38. The van der Waals surface area contributed by atoms with Gasteiger partial charge in [-0.2, -0.15) is 0 Å². The summed E-state index contributed by atoms with van der Waals surface area (Å²) in [6.07, 6.45) is 5.08. The first kappa shape index (κ1) is 14.9. The van der Waals surface area contributed by atoms with Crippen LogP contribution in [0.5, 0.6) is 0 Å². The monoisotopic (exact) mass is 277 g/mol. The lowest BCUT2D eigenvalue weighted by Crippen LogP contribution is -2.25. The van der Waals surface area contributed by atoms with Gasteiger partial charge in [0.25, 0.3) is 0 Å². The predicted molar refractivity (Wildman–Crippen MR) is 86.0 cm³/mol. The van der Waals surface area contributed by atoms with E-state index in [1.165, 1.54) is 30.6 Å². The number of fused-ring (bicyclic) bond motifs is 1. The summed E-state index contributed by atoms with van der Waals surface area (Å²) in [6, 6.07) is 8.89. The lowest BCUT2D eigenvalue weighted by Gasteiger charge is -2.27. The van der Waals surface area contributed by atoms with E-state index in [4.69, 9.17) is 0 Å². The Morgan fingerprint density at radius 3 is 2.79 bits per heavy atom. The van der Waals surface area contributed by atoms with Gasteiger partial charge < -0.3 is 5.32 Å². The molecule has 19 heavy (non-hydrogen) atoms. The second kappa shape index (κ2) is 6.81. The van der Waals surface area contributed by atoms with Gasteiger partial charge in [0.1, 0.15) is 0 Å². The molecule has 0 saturated heterocycles. The fourth-order valence-corrected chi connectivity index (χ4v) is 4.43. The Bertz CT molecular complexity index is 375. The van der Waals surface area contributed by atoms with Gasteiger partial charge in [-0.25, -0.2) is 0 Å². The minimum absolute atomic E-state index is 0.445. The molecule has 0 radical (unpaired) electrons. The minimum Gasteiger partial charge on any atom is -0.317 e. The van der Waals surface area contributed by atoms with Gasteiger partial charge >= 0.3 is 0 Å². The molecule has 2 rings (SSSR count). The molecule has 1 nitrogen and oxygen atoms in total. The normalized spacial score (nSPS) is 18.6. The summed E-state index contributed by atoms with van der Waals surface area (Å²) in [5.74, 6) is 0. The molecule has 106 valence electrons. The first-order chi connectivity index (χ1) is 9.11. The molecule has 0 fully saturated rings. The molecule has 1 heterocycles. The number of nitrogens with one attached hydrogen (secondary N) is 1. The lowest BCUT2D eigenvalue weighted by molar-refractivity contribution is 0.299. The first-order valence-electron chi connectivity index (χ1n) is 7.56. The number of rotatable bonds is 7. The van der Waals surface area contributed by atoms with Crippen LogP contribution in [-0.4, -0.2) is 18.3 Å². The van der Waals surface area contributed by atoms with Crippen molar-refractivity contribution in [1.82, 2.24) is 5.32 Å². The molecule has 1 atom stereocenters. The molecule has 1 aliphatic heterocycles. The van der Waals surface area contributed by atoms with Crippen LogP contribution in [0.3, 0.4) is 0 Å². The van der Waals surface area contributed by atoms with E-state index < -0.39 is 0 Å². The molecule has 0 spiro atoms. The molecule has 0 saturated carbocycles. The van der Waals surface area contributed by atoms with Crippen molar-refractivity contribution in [2.45, 2.75) is 56.6 Å². The van der Waals surface area contributed by atoms with Gasteiger partial charge in [0.2, 0.25) is 0 Å². The number of hydrogen-bond donors (Lipinski definition) is 1. The summed E-state index contributed by atoms with van der Waals surface area (Å²) >= 11 is 2.09. The van der Waals surface area contributed by atoms with Crippen LogP contribution < -0.4 is 5.32 Å². The Hall–Kier alpha value is -0.470. The predicted octanol–water partition coefficient (Wildman–Crippen LogP) is 4.51. The zero-order valence-corrected chi connectivity index (χ0v) is 13.4. The van der Waals surface area contributed by atoms with Gasteiger partial charge in [0, 0.05) is 10.1 Å². The SMILES string of the molecule is CCCNCCC(C)(C)CC1Cc2ccccc2S1. The fraction of sp³-hybridized carbons (Fsp3) is 0.647. The van der Waals surface area contributed by atoms with Gasteiger partial charge in [-0.05, 0) is 55.8 Å². The van der Waals surface area contributed by atoms with Crippen molar-refractivity contribution in [3.05, 3.63) is 29.8 Å². The molecule has 2 heteroatoms. The summed E-state index contributed by atoms with van der Waals surface area (Å²) in [5.41, 5.74) is 2.00. The minimum atomic E-state index is 0.445. The molecule has 0 bridgehead atoms. The third-order valence-corrected chi connectivity index (χ3v) is 5.22. The van der Waals surface area contributed by atoms with Gasteiger partial charge in [-0.1, -0.05) is 39.0 Å². The van der Waals surface area contributed by atoms with Crippen LogP contribution >= 0.6 is 11.8 Å². The van der Waals surface area contributed by atoms with Crippen LogP contribution in [0, 0.1) is 5.41 Å². The van der Waals surface area contributed by atoms with Crippen LogP contribution in [0.1, 0.15) is 45.6 Å². The van der Waals surface area contributed by atoms with Gasteiger partial charge in [0.15, 0.2) is 0 Å². The molecule has 0 amide bonds. The van der Waals surface area contributed by atoms with E-state index in [-0.39, 0.29) is 0 Å². The Morgan fingerprint density at radius 1 is 1.26 bits per heavy atom. The smallest absolute Gasteiger partial charge is 0.0140 e. The Kier molecular flexibility index (Phi) is 5.35. The quantitative estimate of drug-likeness (QED) is 0.736. The molecular weight excluding hydrogens is 250 g/mol. The highest BCUT2D eigenvalue weighted by atomic mass is 32.2. The Balaban J connectivity index is 1.79. The van der Waals surface area contributed by atoms with E-state index >= 15 is 0 Å². The summed E-state index contributed by atoms with van der Waals surface area (Å²) < 4.78 is 0. The molecule has 1 aromatic rings. The standard InChI is InChI=1S/C17H27NS/c1-4-10-18-11-9-17(2,3)13-15-12-14-7-5-6-8-16(14)19-15/h5-8,15,18H,4,9-13H2,1-3H3. The zero-order valence-electron chi connectivity index (χ0n) is 12.5. The van der Waals surface area contributed by atoms with Crippen molar-refractivity contribution in [2.24, 2.45) is 5.41 Å². The van der Waals surface area contributed by atoms with Gasteiger partial charge in [0.05, 0.1) is 0 Å². The maximum Gasteiger partial charge on any atom is 0.0140 e. The summed E-state index contributed by atoms with van der Waals surface area (Å²) in [7, 11) is 0. The lowest BCUT2D eigenvalue weighted by atomic mass is 9.83. The van der Waals surface area contributed by atoms with E-state index in [1.54, 1.807) is 5.56 Å². The van der Waals surface area contributed by atoms with Crippen molar-refractivity contribution in [3.8, 4) is 0 Å². The molecular formula is C17H27NS. The maximum atomic E-state index is 3.53. The number of hydrogen-bond acceptors (Lipinski definition) is 2. The Labute approximate surface area is 122 Å². The fourth-order valence-electron chi connectivity index (χ4n) is 2.81. The number of benzene rings is 1. The van der Waals surface area contributed by atoms with Crippen molar-refractivity contribution in [3.63, 3.8) is 0 Å². The molecule has 1 aromatic carbocycles. The second-order valence-corrected chi connectivity index (χ2v) is 7.76. The molecule has 1 N–H and O–H groups in total. The largest absolute Gasteiger partial charge is 0.317 e. The topological polar surface area (TPSA) is 12.0 Å². The van der Waals surface area contributed by atoms with Crippen molar-refractivity contribution < 1.29 is 0 Å². The summed E-state index contributed by atoms with van der Waals surface area (Å²) in [5, 5.41) is 4.30. The highest BCUT2D eigenvalue weighted by Crippen LogP contribution is 2.42. The average molecular weight is 277 g/mol. The molecule has 0 aliphatic carbocycles. The zero-order chi connectivity index (χ0) is 13.7. The van der Waals surface area contributed by atoms with E-state index in [0.29, 0.717) is 5.41 Å². The Morgan fingerprint density at radius 2 is 2.05 bits per heavy atom. The van der Waals surface area contributed by atoms with Crippen molar-refractivity contribution in [2.75, 3.05) is 13.1 Å². The van der Waals surface area contributed by atoms with Crippen LogP contribution in [0.2, 0.25) is 0 Å². The van der Waals surface area contributed by atoms with E-state index in [2.05, 4.69) is 62.1 Å².